The molecule has 9 nitrogen and oxygen atoms in total. The third-order valence-corrected chi connectivity index (χ3v) is 11.5. The van der Waals surface area contributed by atoms with E-state index in [1.54, 1.807) is 34.6 Å². The summed E-state index contributed by atoms with van der Waals surface area (Å²) < 4.78 is 5.78. The standard InChI is InChI=1S/C32H42O9/c1-15(11-18(34)12-16(2)28(39)40)19-13-23(37)32(8)24-20(35)14-21-29(4,5)22(36)9-10-30(21,6)25(24)26(38)27(31(19,32)7)41-17(3)33/h15-16,19,21,27H,9-14H2,1-8H3,(H,39,40)/t15?,16?,19?,21?,27?,30-,31-,32-/m0/s1. The van der Waals surface area contributed by atoms with Crippen LogP contribution in [0.5, 0.6) is 0 Å². The molecule has 2 fully saturated rings. The molecule has 4 rings (SSSR count). The average Bonchev–Trinajstić information content (AvgIpc) is 3.07. The summed E-state index contributed by atoms with van der Waals surface area (Å²) in [4.78, 5) is 92.3. The number of ketones is 5. The predicted octanol–water partition coefficient (Wildman–Crippen LogP) is 4.09. The number of fused-ring (bicyclic) bond motifs is 4. The maximum Gasteiger partial charge on any atom is 0.306 e. The van der Waals surface area contributed by atoms with E-state index in [0.717, 1.165) is 0 Å². The van der Waals surface area contributed by atoms with Crippen molar-refractivity contribution in [3.05, 3.63) is 11.1 Å². The summed E-state index contributed by atoms with van der Waals surface area (Å²) in [6.45, 7) is 13.3. The number of aliphatic carboxylic acids is 1. The Morgan fingerprint density at radius 1 is 0.927 bits per heavy atom. The summed E-state index contributed by atoms with van der Waals surface area (Å²) in [6, 6.07) is 0. The normalized spacial score (nSPS) is 37.6. The molecule has 0 aliphatic heterocycles. The number of hydrogen-bond donors (Lipinski definition) is 1. The van der Waals surface area contributed by atoms with Crippen molar-refractivity contribution in [2.24, 2.45) is 45.3 Å². The molecule has 4 aliphatic rings. The van der Waals surface area contributed by atoms with E-state index in [0.29, 0.717) is 6.42 Å². The van der Waals surface area contributed by atoms with Gasteiger partial charge in [-0.1, -0.05) is 41.5 Å². The van der Waals surface area contributed by atoms with Crippen molar-refractivity contribution in [2.45, 2.75) is 100 Å². The molecule has 2 saturated carbocycles. The van der Waals surface area contributed by atoms with Gasteiger partial charge in [0.05, 0.1) is 11.3 Å². The highest BCUT2D eigenvalue weighted by Gasteiger charge is 2.74. The van der Waals surface area contributed by atoms with Crippen LogP contribution in [0.25, 0.3) is 0 Å². The van der Waals surface area contributed by atoms with Gasteiger partial charge >= 0.3 is 11.9 Å². The molecule has 0 aromatic rings. The second-order valence-corrected chi connectivity index (χ2v) is 14.2. The average molecular weight is 571 g/mol. The van der Waals surface area contributed by atoms with Gasteiger partial charge in [0, 0.05) is 66.4 Å². The fraction of sp³-hybridized carbons (Fsp3) is 0.719. The lowest BCUT2D eigenvalue weighted by molar-refractivity contribution is -0.175. The van der Waals surface area contributed by atoms with Crippen LogP contribution in [0.4, 0.5) is 0 Å². The minimum atomic E-state index is -1.46. The first-order valence-electron chi connectivity index (χ1n) is 14.6. The fourth-order valence-corrected chi connectivity index (χ4v) is 8.99. The molecule has 0 saturated heterocycles. The van der Waals surface area contributed by atoms with Crippen molar-refractivity contribution >= 4 is 40.9 Å². The van der Waals surface area contributed by atoms with Crippen molar-refractivity contribution < 1.29 is 43.4 Å². The Hall–Kier alpha value is -2.97. The number of ether oxygens (including phenoxy) is 1. The molecule has 4 aliphatic carbocycles. The van der Waals surface area contributed by atoms with Gasteiger partial charge in [-0.2, -0.15) is 0 Å². The van der Waals surface area contributed by atoms with Crippen LogP contribution in [-0.4, -0.2) is 52.1 Å². The van der Waals surface area contributed by atoms with Gasteiger partial charge in [0.15, 0.2) is 11.9 Å². The van der Waals surface area contributed by atoms with E-state index in [9.17, 15) is 38.7 Å². The molecule has 0 radical (unpaired) electrons. The molecule has 0 aromatic heterocycles. The Balaban J connectivity index is 1.89. The minimum absolute atomic E-state index is 0.0157. The largest absolute Gasteiger partial charge is 0.481 e. The number of carbonyl (C=O) groups excluding carboxylic acids is 6. The smallest absolute Gasteiger partial charge is 0.306 e. The van der Waals surface area contributed by atoms with Crippen LogP contribution in [0.15, 0.2) is 11.1 Å². The van der Waals surface area contributed by atoms with Crippen LogP contribution in [0, 0.1) is 45.3 Å². The fourth-order valence-electron chi connectivity index (χ4n) is 8.99. The van der Waals surface area contributed by atoms with Gasteiger partial charge in [0.25, 0.3) is 0 Å². The third kappa shape index (κ3) is 4.20. The van der Waals surface area contributed by atoms with Crippen LogP contribution in [0.1, 0.15) is 93.9 Å². The van der Waals surface area contributed by atoms with E-state index in [4.69, 9.17) is 4.74 Å². The topological polar surface area (TPSA) is 149 Å². The van der Waals surface area contributed by atoms with E-state index >= 15 is 0 Å². The van der Waals surface area contributed by atoms with Crippen molar-refractivity contribution in [3.63, 3.8) is 0 Å². The molecular formula is C32H42O9. The molecular weight excluding hydrogens is 528 g/mol. The maximum absolute atomic E-state index is 14.6. The zero-order valence-electron chi connectivity index (χ0n) is 25.3. The van der Waals surface area contributed by atoms with E-state index in [1.807, 2.05) is 6.92 Å². The van der Waals surface area contributed by atoms with Crippen LogP contribution in [0.2, 0.25) is 0 Å². The monoisotopic (exact) mass is 570 g/mol. The number of carboxylic acid groups (broad SMARTS) is 1. The van der Waals surface area contributed by atoms with E-state index in [1.165, 1.54) is 13.8 Å². The first-order chi connectivity index (χ1) is 18.8. The lowest BCUT2D eigenvalue weighted by Crippen LogP contribution is -2.64. The SMILES string of the molecule is CC(=O)OC1C(=O)C2=C(C(=O)CC3C(C)(C)C(=O)CC[C@]23C)[C@]2(C)C(=O)CC(C(C)CC(=O)CC(C)C(=O)O)[C@@]12C. The number of hydrogen-bond acceptors (Lipinski definition) is 8. The summed E-state index contributed by atoms with van der Waals surface area (Å²) in [6.07, 6.45) is -0.948. The van der Waals surface area contributed by atoms with Gasteiger partial charge in [-0.25, -0.2) is 0 Å². The van der Waals surface area contributed by atoms with Gasteiger partial charge in [0.2, 0.25) is 5.78 Å². The zero-order chi connectivity index (χ0) is 31.0. The van der Waals surface area contributed by atoms with Gasteiger partial charge in [-0.05, 0) is 31.1 Å². The molecule has 9 heteroatoms. The maximum atomic E-state index is 14.6. The highest BCUT2D eigenvalue weighted by atomic mass is 16.5. The summed E-state index contributed by atoms with van der Waals surface area (Å²) >= 11 is 0. The summed E-state index contributed by atoms with van der Waals surface area (Å²) in [5.41, 5.74) is -4.09. The van der Waals surface area contributed by atoms with Crippen LogP contribution in [-0.2, 0) is 38.3 Å². The van der Waals surface area contributed by atoms with E-state index in [-0.39, 0.29) is 66.4 Å². The Bertz CT molecular complexity index is 1300. The van der Waals surface area contributed by atoms with Gasteiger partial charge in [-0.3, -0.25) is 33.6 Å². The number of allylic oxidation sites excluding steroid dienone is 1. The molecule has 0 amide bonds. The highest BCUT2D eigenvalue weighted by Crippen LogP contribution is 2.70. The summed E-state index contributed by atoms with van der Waals surface area (Å²) in [7, 11) is 0. The zero-order valence-corrected chi connectivity index (χ0v) is 25.3. The number of carboxylic acids is 1. The number of carbonyl (C=O) groups is 7. The van der Waals surface area contributed by atoms with Crippen LogP contribution < -0.4 is 0 Å². The molecule has 41 heavy (non-hydrogen) atoms. The Morgan fingerprint density at radius 3 is 2.10 bits per heavy atom. The van der Waals surface area contributed by atoms with E-state index in [2.05, 4.69) is 0 Å². The third-order valence-electron chi connectivity index (χ3n) is 11.5. The molecule has 0 spiro atoms. The van der Waals surface area contributed by atoms with Gasteiger partial charge in [-0.15, -0.1) is 0 Å². The number of esters is 1. The second-order valence-electron chi connectivity index (χ2n) is 14.2. The first-order valence-corrected chi connectivity index (χ1v) is 14.6. The van der Waals surface area contributed by atoms with E-state index < -0.39 is 69.2 Å². The highest BCUT2D eigenvalue weighted by molar-refractivity contribution is 6.18. The molecule has 0 bridgehead atoms. The number of Topliss-reactive ketones (excluding diaryl/α,β-unsaturated/α-hetero) is 5. The van der Waals surface area contributed by atoms with Crippen molar-refractivity contribution in [1.82, 2.24) is 0 Å². The van der Waals surface area contributed by atoms with Crippen LogP contribution in [0.3, 0.4) is 0 Å². The molecule has 0 heterocycles. The Morgan fingerprint density at radius 2 is 1.54 bits per heavy atom. The molecule has 0 aromatic carbocycles. The second kappa shape index (κ2) is 9.80. The number of rotatable bonds is 7. The van der Waals surface area contributed by atoms with Gasteiger partial charge < -0.3 is 9.84 Å². The van der Waals surface area contributed by atoms with Crippen molar-refractivity contribution in [1.29, 1.82) is 0 Å². The lowest BCUT2D eigenvalue weighted by atomic mass is 9.42. The summed E-state index contributed by atoms with van der Waals surface area (Å²) in [5.74, 6) is -5.46. The quantitative estimate of drug-likeness (QED) is 0.447. The Labute approximate surface area is 240 Å². The minimum Gasteiger partial charge on any atom is -0.481 e. The molecule has 5 unspecified atom stereocenters. The van der Waals surface area contributed by atoms with Crippen molar-refractivity contribution in [2.75, 3.05) is 0 Å². The van der Waals surface area contributed by atoms with Gasteiger partial charge in [0.1, 0.15) is 17.3 Å². The lowest BCUT2D eigenvalue weighted by Gasteiger charge is -2.59. The predicted molar refractivity (Wildman–Crippen MR) is 146 cm³/mol. The summed E-state index contributed by atoms with van der Waals surface area (Å²) in [5, 5.41) is 9.23. The van der Waals surface area contributed by atoms with Crippen LogP contribution >= 0.6 is 0 Å². The van der Waals surface area contributed by atoms with Crippen molar-refractivity contribution in [3.8, 4) is 0 Å². The first kappa shape index (κ1) is 31.0. The molecule has 1 N–H and O–H groups in total. The Kier molecular flexibility index (Phi) is 7.41. The molecule has 224 valence electrons. The molecule has 8 atom stereocenters.